The average Bonchev–Trinajstić information content (AvgIpc) is 3.04. The first-order chi connectivity index (χ1) is 10.6. The second-order valence-electron chi connectivity index (χ2n) is 5.60. The molecular weight excluding hydrogens is 284 g/mol. The van der Waals surface area contributed by atoms with E-state index in [0.29, 0.717) is 17.0 Å². The molecule has 1 fully saturated rings. The summed E-state index contributed by atoms with van der Waals surface area (Å²) < 4.78 is 5.38. The molecule has 0 bridgehead atoms. The predicted octanol–water partition coefficient (Wildman–Crippen LogP) is 1.24. The van der Waals surface area contributed by atoms with Crippen molar-refractivity contribution >= 4 is 23.3 Å². The fourth-order valence-electron chi connectivity index (χ4n) is 2.80. The van der Waals surface area contributed by atoms with Crippen LogP contribution in [-0.2, 0) is 9.59 Å². The molecule has 22 heavy (non-hydrogen) atoms. The van der Waals surface area contributed by atoms with Crippen molar-refractivity contribution in [2.24, 2.45) is 0 Å². The number of fused-ring (bicyclic) bond motifs is 1. The molecule has 2 amide bonds. The van der Waals surface area contributed by atoms with Crippen LogP contribution in [0.25, 0.3) is 0 Å². The van der Waals surface area contributed by atoms with E-state index < -0.39 is 0 Å². The number of carbonyl (C=O) groups excluding carboxylic acids is 3. The second-order valence-corrected chi connectivity index (χ2v) is 5.60. The Hall–Kier alpha value is -2.37. The van der Waals surface area contributed by atoms with Crippen molar-refractivity contribution in [2.45, 2.75) is 19.8 Å². The topological polar surface area (TPSA) is 66.9 Å². The molecular formula is C16H18N2O4. The molecule has 1 aromatic carbocycles. The Morgan fingerprint density at radius 1 is 1.23 bits per heavy atom. The van der Waals surface area contributed by atoms with Crippen molar-refractivity contribution in [2.75, 3.05) is 31.1 Å². The minimum absolute atomic E-state index is 0.00342. The van der Waals surface area contributed by atoms with Gasteiger partial charge in [0.2, 0.25) is 5.91 Å². The fraction of sp³-hybridized carbons (Fsp3) is 0.438. The molecule has 0 aliphatic carbocycles. The van der Waals surface area contributed by atoms with Crippen molar-refractivity contribution < 1.29 is 19.1 Å². The van der Waals surface area contributed by atoms with Gasteiger partial charge in [0.1, 0.15) is 12.3 Å². The van der Waals surface area contributed by atoms with E-state index in [4.69, 9.17) is 4.74 Å². The number of amides is 2. The van der Waals surface area contributed by atoms with Crippen molar-refractivity contribution in [1.29, 1.82) is 0 Å². The first-order valence-electron chi connectivity index (χ1n) is 7.42. The lowest BCUT2D eigenvalue weighted by atomic mass is 10.1. The highest BCUT2D eigenvalue weighted by Crippen LogP contribution is 2.33. The van der Waals surface area contributed by atoms with Crippen LogP contribution in [0.5, 0.6) is 5.75 Å². The van der Waals surface area contributed by atoms with Gasteiger partial charge < -0.3 is 9.64 Å². The van der Waals surface area contributed by atoms with Gasteiger partial charge in [-0.15, -0.1) is 0 Å². The Morgan fingerprint density at radius 3 is 2.64 bits per heavy atom. The Labute approximate surface area is 128 Å². The largest absolute Gasteiger partial charge is 0.482 e. The molecule has 0 spiro atoms. The van der Waals surface area contributed by atoms with Crippen LogP contribution in [0.2, 0.25) is 0 Å². The lowest BCUT2D eigenvalue weighted by Crippen LogP contribution is -2.45. The van der Waals surface area contributed by atoms with Gasteiger partial charge in [0, 0.05) is 18.7 Å². The number of ether oxygens (including phenoxy) is 1. The van der Waals surface area contributed by atoms with Gasteiger partial charge in [0.25, 0.3) is 5.91 Å². The van der Waals surface area contributed by atoms with Crippen molar-refractivity contribution in [1.82, 2.24) is 4.90 Å². The zero-order chi connectivity index (χ0) is 15.7. The van der Waals surface area contributed by atoms with E-state index in [0.717, 1.165) is 25.9 Å². The van der Waals surface area contributed by atoms with Crippen LogP contribution in [0, 0.1) is 0 Å². The van der Waals surface area contributed by atoms with E-state index in [1.54, 1.807) is 23.1 Å². The summed E-state index contributed by atoms with van der Waals surface area (Å²) >= 11 is 0. The minimum atomic E-state index is -0.263. The van der Waals surface area contributed by atoms with Crippen molar-refractivity contribution in [3.05, 3.63) is 23.8 Å². The van der Waals surface area contributed by atoms with Gasteiger partial charge >= 0.3 is 0 Å². The molecule has 1 saturated heterocycles. The molecule has 2 aliphatic rings. The molecule has 6 nitrogen and oxygen atoms in total. The second kappa shape index (κ2) is 5.79. The number of likely N-dealkylation sites (tertiary alicyclic amines) is 1. The number of hydrogen-bond donors (Lipinski definition) is 0. The van der Waals surface area contributed by atoms with E-state index in [1.807, 2.05) is 0 Å². The zero-order valence-electron chi connectivity index (χ0n) is 12.5. The molecule has 0 saturated carbocycles. The highest BCUT2D eigenvalue weighted by molar-refractivity contribution is 6.04. The number of benzene rings is 1. The SMILES string of the molecule is CC(=O)c1ccc2c(c1)N(CC(=O)N1CCCC1)C(=O)CO2. The average molecular weight is 302 g/mol. The van der Waals surface area contributed by atoms with Gasteiger partial charge in [0.15, 0.2) is 12.4 Å². The predicted molar refractivity (Wildman–Crippen MR) is 80.1 cm³/mol. The number of hydrogen-bond acceptors (Lipinski definition) is 4. The highest BCUT2D eigenvalue weighted by Gasteiger charge is 2.30. The smallest absolute Gasteiger partial charge is 0.265 e. The van der Waals surface area contributed by atoms with Gasteiger partial charge in [-0.2, -0.15) is 0 Å². The van der Waals surface area contributed by atoms with Gasteiger partial charge in [-0.1, -0.05) is 0 Å². The summed E-state index contributed by atoms with van der Waals surface area (Å²) in [6, 6.07) is 4.95. The lowest BCUT2D eigenvalue weighted by molar-refractivity contribution is -0.131. The molecule has 0 unspecified atom stereocenters. The number of rotatable bonds is 3. The maximum absolute atomic E-state index is 12.3. The minimum Gasteiger partial charge on any atom is -0.482 e. The summed E-state index contributed by atoms with van der Waals surface area (Å²) in [5, 5.41) is 0. The maximum atomic E-state index is 12.3. The first kappa shape index (κ1) is 14.6. The maximum Gasteiger partial charge on any atom is 0.265 e. The molecule has 2 aliphatic heterocycles. The van der Waals surface area contributed by atoms with Gasteiger partial charge in [-0.25, -0.2) is 0 Å². The van der Waals surface area contributed by atoms with Crippen LogP contribution < -0.4 is 9.64 Å². The monoisotopic (exact) mass is 302 g/mol. The Balaban J connectivity index is 1.87. The summed E-state index contributed by atoms with van der Waals surface area (Å²) in [6.45, 7) is 2.87. The number of nitrogens with zero attached hydrogens (tertiary/aromatic N) is 2. The third kappa shape index (κ3) is 2.68. The van der Waals surface area contributed by atoms with Gasteiger partial charge in [-0.3, -0.25) is 19.3 Å². The van der Waals surface area contributed by atoms with Crippen molar-refractivity contribution in [3.8, 4) is 5.75 Å². The number of Topliss-reactive ketones (excluding diaryl/α,β-unsaturated/α-hetero) is 1. The standard InChI is InChI=1S/C16H18N2O4/c1-11(19)12-4-5-14-13(8-12)18(16(21)10-22-14)9-15(20)17-6-2-3-7-17/h4-5,8H,2-3,6-7,9-10H2,1H3. The first-order valence-corrected chi connectivity index (χ1v) is 7.42. The van der Waals surface area contributed by atoms with Gasteiger partial charge in [0.05, 0.1) is 5.69 Å². The molecule has 6 heteroatoms. The molecule has 0 N–H and O–H groups in total. The van der Waals surface area contributed by atoms with Crippen LogP contribution in [0.3, 0.4) is 0 Å². The Kier molecular flexibility index (Phi) is 3.83. The summed E-state index contributed by atoms with van der Waals surface area (Å²) in [5.41, 5.74) is 0.993. The molecule has 1 aromatic rings. The third-order valence-corrected chi connectivity index (χ3v) is 4.06. The number of ketones is 1. The fourth-order valence-corrected chi connectivity index (χ4v) is 2.80. The van der Waals surface area contributed by atoms with E-state index in [2.05, 4.69) is 0 Å². The summed E-state index contributed by atoms with van der Waals surface area (Å²) in [4.78, 5) is 39.2. The van der Waals surface area contributed by atoms with Crippen LogP contribution in [0.1, 0.15) is 30.1 Å². The van der Waals surface area contributed by atoms with Crippen LogP contribution in [0.15, 0.2) is 18.2 Å². The molecule has 0 atom stereocenters. The van der Waals surface area contributed by atoms with Gasteiger partial charge in [-0.05, 0) is 38.0 Å². The van der Waals surface area contributed by atoms with Crippen LogP contribution in [0.4, 0.5) is 5.69 Å². The van der Waals surface area contributed by atoms with Crippen LogP contribution in [-0.4, -0.2) is 48.7 Å². The van der Waals surface area contributed by atoms with E-state index in [1.165, 1.54) is 11.8 Å². The Morgan fingerprint density at radius 2 is 1.95 bits per heavy atom. The van der Waals surface area contributed by atoms with E-state index >= 15 is 0 Å². The summed E-state index contributed by atoms with van der Waals surface area (Å²) in [7, 11) is 0. The third-order valence-electron chi connectivity index (χ3n) is 4.06. The zero-order valence-corrected chi connectivity index (χ0v) is 12.5. The quantitative estimate of drug-likeness (QED) is 0.788. The molecule has 2 heterocycles. The summed E-state index contributed by atoms with van der Waals surface area (Å²) in [6.07, 6.45) is 2.02. The van der Waals surface area contributed by atoms with Crippen molar-refractivity contribution in [3.63, 3.8) is 0 Å². The van der Waals surface area contributed by atoms with E-state index in [-0.39, 0.29) is 30.7 Å². The highest BCUT2D eigenvalue weighted by atomic mass is 16.5. The molecule has 0 aromatic heterocycles. The molecule has 3 rings (SSSR count). The molecule has 116 valence electrons. The number of carbonyl (C=O) groups is 3. The lowest BCUT2D eigenvalue weighted by Gasteiger charge is -2.30. The van der Waals surface area contributed by atoms with E-state index in [9.17, 15) is 14.4 Å². The number of anilines is 1. The molecule has 0 radical (unpaired) electrons. The normalized spacial score (nSPS) is 17.2. The van der Waals surface area contributed by atoms with Crippen LogP contribution >= 0.6 is 0 Å². The Bertz CT molecular complexity index is 635. The summed E-state index contributed by atoms with van der Waals surface area (Å²) in [5.74, 6) is 0.109.